The van der Waals surface area contributed by atoms with Crippen molar-refractivity contribution >= 4 is 26.0 Å². The van der Waals surface area contributed by atoms with Crippen molar-refractivity contribution in [3.63, 3.8) is 0 Å². The molecule has 5 heteroatoms. The van der Waals surface area contributed by atoms with E-state index in [-0.39, 0.29) is 11.3 Å². The van der Waals surface area contributed by atoms with Crippen molar-refractivity contribution in [2.24, 2.45) is 0 Å². The Balaban J connectivity index is 2.74. The summed E-state index contributed by atoms with van der Waals surface area (Å²) in [5, 5.41) is 0.737. The molecule has 0 heterocycles. The maximum Gasteiger partial charge on any atom is 0.217 e. The molecule has 1 aliphatic rings. The van der Waals surface area contributed by atoms with Gasteiger partial charge in [0.25, 0.3) is 0 Å². The van der Waals surface area contributed by atoms with Crippen LogP contribution >= 0.6 is 15.9 Å². The van der Waals surface area contributed by atoms with Crippen molar-refractivity contribution in [2.75, 3.05) is 11.9 Å². The molecular weight excluding hydrogens is 290 g/mol. The minimum absolute atomic E-state index is 0.0738. The van der Waals surface area contributed by atoms with Gasteiger partial charge in [0.2, 0.25) is 10.0 Å². The fraction of sp³-hybridized carbons (Fsp3) is 1.00. The van der Waals surface area contributed by atoms with Crippen LogP contribution in [-0.4, -0.2) is 35.9 Å². The fourth-order valence-electron chi connectivity index (χ4n) is 2.27. The van der Waals surface area contributed by atoms with Gasteiger partial charge in [-0.25, -0.2) is 8.42 Å². The molecule has 3 nitrogen and oxygen atoms in total. The number of alkyl halides is 1. The van der Waals surface area contributed by atoms with Gasteiger partial charge in [0.15, 0.2) is 0 Å². The van der Waals surface area contributed by atoms with Gasteiger partial charge in [-0.05, 0) is 33.1 Å². The summed E-state index contributed by atoms with van der Waals surface area (Å²) in [5.41, 5.74) is 0. The summed E-state index contributed by atoms with van der Waals surface area (Å²) in [4.78, 5) is 0. The Morgan fingerprint density at radius 2 is 1.88 bits per heavy atom. The van der Waals surface area contributed by atoms with Gasteiger partial charge in [-0.15, -0.1) is 0 Å². The van der Waals surface area contributed by atoms with E-state index < -0.39 is 10.0 Å². The summed E-state index contributed by atoms with van der Waals surface area (Å²) >= 11 is 3.36. The van der Waals surface area contributed by atoms with Gasteiger partial charge in [-0.1, -0.05) is 28.8 Å². The normalized spacial score (nSPS) is 18.8. The van der Waals surface area contributed by atoms with Crippen LogP contribution in [-0.2, 0) is 10.0 Å². The van der Waals surface area contributed by atoms with E-state index in [1.165, 1.54) is 0 Å². The first kappa shape index (κ1) is 14.5. The van der Waals surface area contributed by atoms with Gasteiger partial charge in [0.1, 0.15) is 0 Å². The van der Waals surface area contributed by atoms with Gasteiger partial charge in [0, 0.05) is 17.9 Å². The van der Waals surface area contributed by atoms with E-state index in [1.807, 2.05) is 13.8 Å². The van der Waals surface area contributed by atoms with E-state index in [0.29, 0.717) is 6.54 Å². The smallest absolute Gasteiger partial charge is 0.212 e. The Morgan fingerprint density at radius 1 is 1.31 bits per heavy atom. The third kappa shape index (κ3) is 3.44. The molecule has 0 aromatic carbocycles. The van der Waals surface area contributed by atoms with E-state index in [9.17, 15) is 8.42 Å². The summed E-state index contributed by atoms with van der Waals surface area (Å²) in [5.74, 6) is 0. The third-order valence-corrected chi connectivity index (χ3v) is 6.27. The molecule has 0 spiro atoms. The Hall–Kier alpha value is 0.390. The lowest BCUT2D eigenvalue weighted by atomic mass is 10.3. The summed E-state index contributed by atoms with van der Waals surface area (Å²) in [6.07, 6.45) is 4.70. The zero-order chi connectivity index (χ0) is 12.2. The topological polar surface area (TPSA) is 37.4 Å². The molecule has 1 fully saturated rings. The van der Waals surface area contributed by atoms with E-state index >= 15 is 0 Å². The Bertz CT molecular complexity index is 297. The van der Waals surface area contributed by atoms with E-state index in [4.69, 9.17) is 0 Å². The summed E-state index contributed by atoms with van der Waals surface area (Å²) in [6.45, 7) is 4.56. The quantitative estimate of drug-likeness (QED) is 0.707. The molecule has 1 rings (SSSR count). The van der Waals surface area contributed by atoms with Gasteiger partial charge >= 0.3 is 0 Å². The zero-order valence-electron chi connectivity index (χ0n) is 10.2. The van der Waals surface area contributed by atoms with Crippen LogP contribution < -0.4 is 0 Å². The predicted molar refractivity (Wildman–Crippen MR) is 71.4 cm³/mol. The molecule has 1 aliphatic carbocycles. The summed E-state index contributed by atoms with van der Waals surface area (Å²) in [6, 6.07) is 0.0738. The van der Waals surface area contributed by atoms with E-state index in [1.54, 1.807) is 4.31 Å². The minimum Gasteiger partial charge on any atom is -0.212 e. The van der Waals surface area contributed by atoms with Crippen LogP contribution in [0.25, 0.3) is 0 Å². The molecule has 0 N–H and O–H groups in total. The van der Waals surface area contributed by atoms with Crippen molar-refractivity contribution in [3.8, 4) is 0 Å². The van der Waals surface area contributed by atoms with Gasteiger partial charge in [0.05, 0.1) is 5.25 Å². The molecule has 16 heavy (non-hydrogen) atoms. The van der Waals surface area contributed by atoms with Crippen LogP contribution in [0.4, 0.5) is 0 Å². The maximum atomic E-state index is 12.4. The first-order valence-corrected chi connectivity index (χ1v) is 8.69. The molecule has 0 saturated heterocycles. The molecule has 0 amide bonds. The van der Waals surface area contributed by atoms with E-state index in [0.717, 1.165) is 37.4 Å². The van der Waals surface area contributed by atoms with Gasteiger partial charge in [-0.2, -0.15) is 4.31 Å². The van der Waals surface area contributed by atoms with Crippen molar-refractivity contribution in [1.82, 2.24) is 4.31 Å². The lowest BCUT2D eigenvalue weighted by Gasteiger charge is -2.28. The molecule has 0 aromatic heterocycles. The van der Waals surface area contributed by atoms with Crippen molar-refractivity contribution < 1.29 is 8.42 Å². The number of nitrogens with zero attached hydrogens (tertiary/aromatic N) is 1. The highest BCUT2D eigenvalue weighted by molar-refractivity contribution is 9.09. The van der Waals surface area contributed by atoms with Crippen LogP contribution in [0.15, 0.2) is 0 Å². The van der Waals surface area contributed by atoms with Crippen LogP contribution in [0.2, 0.25) is 0 Å². The van der Waals surface area contributed by atoms with Crippen LogP contribution in [0.5, 0.6) is 0 Å². The Kier molecular flexibility index (Phi) is 5.74. The first-order valence-electron chi connectivity index (χ1n) is 6.06. The summed E-state index contributed by atoms with van der Waals surface area (Å²) in [7, 11) is -3.06. The molecular formula is C11H22BrNO2S. The summed E-state index contributed by atoms with van der Waals surface area (Å²) < 4.78 is 26.5. The minimum atomic E-state index is -3.06. The van der Waals surface area contributed by atoms with Crippen LogP contribution in [0.1, 0.15) is 46.0 Å². The second kappa shape index (κ2) is 6.36. The molecule has 0 bridgehead atoms. The lowest BCUT2D eigenvalue weighted by Crippen LogP contribution is -2.42. The average Bonchev–Trinajstić information content (AvgIpc) is 2.70. The van der Waals surface area contributed by atoms with Crippen molar-refractivity contribution in [1.29, 1.82) is 0 Å². The van der Waals surface area contributed by atoms with Crippen LogP contribution in [0, 0.1) is 0 Å². The fourth-order valence-corrected chi connectivity index (χ4v) is 4.81. The molecule has 0 atom stereocenters. The average molecular weight is 312 g/mol. The SMILES string of the molecule is CC(C)N(CCCBr)S(=O)(=O)C1CCCC1. The van der Waals surface area contributed by atoms with Crippen molar-refractivity contribution in [2.45, 2.75) is 57.2 Å². The molecule has 0 radical (unpaired) electrons. The van der Waals surface area contributed by atoms with Gasteiger partial charge < -0.3 is 0 Å². The highest BCUT2D eigenvalue weighted by atomic mass is 79.9. The molecule has 0 aromatic rings. The molecule has 0 aliphatic heterocycles. The zero-order valence-corrected chi connectivity index (χ0v) is 12.6. The highest BCUT2D eigenvalue weighted by Gasteiger charge is 2.34. The largest absolute Gasteiger partial charge is 0.217 e. The standard InChI is InChI=1S/C11H22BrNO2S/c1-10(2)13(9-5-8-12)16(14,15)11-6-3-4-7-11/h10-11H,3-9H2,1-2H3. The Morgan fingerprint density at radius 3 is 2.31 bits per heavy atom. The molecule has 0 unspecified atom stereocenters. The first-order chi connectivity index (χ1) is 7.50. The molecule has 96 valence electrons. The second-order valence-electron chi connectivity index (χ2n) is 4.70. The number of halogens is 1. The van der Waals surface area contributed by atoms with Gasteiger partial charge in [-0.3, -0.25) is 0 Å². The molecule has 1 saturated carbocycles. The van der Waals surface area contributed by atoms with E-state index in [2.05, 4.69) is 15.9 Å². The Labute approximate surface area is 108 Å². The maximum absolute atomic E-state index is 12.4. The number of rotatable bonds is 6. The second-order valence-corrected chi connectivity index (χ2v) is 7.66. The number of sulfonamides is 1. The monoisotopic (exact) mass is 311 g/mol. The third-order valence-electron chi connectivity index (χ3n) is 3.14. The lowest BCUT2D eigenvalue weighted by molar-refractivity contribution is 0.349. The van der Waals surface area contributed by atoms with Crippen LogP contribution in [0.3, 0.4) is 0 Å². The number of hydrogen-bond donors (Lipinski definition) is 0. The van der Waals surface area contributed by atoms with Crippen molar-refractivity contribution in [3.05, 3.63) is 0 Å². The highest BCUT2D eigenvalue weighted by Crippen LogP contribution is 2.28. The predicted octanol–water partition coefficient (Wildman–Crippen LogP) is 2.75. The number of hydrogen-bond acceptors (Lipinski definition) is 2.